The fourth-order valence-electron chi connectivity index (χ4n) is 4.51. The van der Waals surface area contributed by atoms with E-state index in [9.17, 15) is 0 Å². The van der Waals surface area contributed by atoms with Crippen LogP contribution in [0, 0.1) is 5.92 Å². The topological polar surface area (TPSA) is 97.9 Å². The van der Waals surface area contributed by atoms with Gasteiger partial charge in [0.15, 0.2) is 12.6 Å². The molecule has 0 aromatic heterocycles. The van der Waals surface area contributed by atoms with Crippen molar-refractivity contribution in [1.82, 2.24) is 10.6 Å². The summed E-state index contributed by atoms with van der Waals surface area (Å²) in [6, 6.07) is -0.423. The molecule has 178 valence electrons. The van der Waals surface area contributed by atoms with E-state index in [1.807, 2.05) is 14.1 Å². The lowest BCUT2D eigenvalue weighted by atomic mass is 9.89. The molecule has 2 aliphatic heterocycles. The van der Waals surface area contributed by atoms with Gasteiger partial charge in [0.2, 0.25) is 0 Å². The van der Waals surface area contributed by atoms with Crippen LogP contribution in [0.25, 0.3) is 0 Å². The van der Waals surface area contributed by atoms with E-state index in [-0.39, 0.29) is 36.3 Å². The van der Waals surface area contributed by atoms with Gasteiger partial charge in [-0.2, -0.15) is 0 Å². The lowest BCUT2D eigenvalue weighted by Crippen LogP contribution is -2.67. The van der Waals surface area contributed by atoms with Crippen LogP contribution in [-0.2, 0) is 37.9 Å². The predicted octanol–water partition coefficient (Wildman–Crippen LogP) is -0.397. The molecule has 10 heteroatoms. The summed E-state index contributed by atoms with van der Waals surface area (Å²) in [5.74, 6) is 0.116. The Balaban J connectivity index is 2.30. The number of rotatable bonds is 11. The summed E-state index contributed by atoms with van der Waals surface area (Å²) in [5, 5.41) is 6.51. The van der Waals surface area contributed by atoms with E-state index in [0.717, 1.165) is 0 Å². The van der Waals surface area contributed by atoms with Crippen molar-refractivity contribution in [1.29, 1.82) is 0 Å². The molecule has 0 bridgehead atoms. The Morgan fingerprint density at radius 2 is 1.20 bits per heavy atom. The lowest BCUT2D eigenvalue weighted by Gasteiger charge is -2.49. The number of methoxy groups -OCH3 is 5. The van der Waals surface area contributed by atoms with Crippen molar-refractivity contribution < 1.29 is 37.9 Å². The molecule has 2 heterocycles. The van der Waals surface area contributed by atoms with Gasteiger partial charge in [0, 0.05) is 41.5 Å². The Hall–Kier alpha value is -0.400. The van der Waals surface area contributed by atoms with E-state index in [2.05, 4.69) is 17.6 Å². The monoisotopic (exact) mass is 436 g/mol. The third-order valence-electron chi connectivity index (χ3n) is 6.10. The van der Waals surface area contributed by atoms with Crippen LogP contribution in [0.5, 0.6) is 0 Å². The van der Waals surface area contributed by atoms with Gasteiger partial charge in [-0.1, -0.05) is 6.92 Å². The Labute approximate surface area is 180 Å². The number of ether oxygens (including phenoxy) is 8. The van der Waals surface area contributed by atoms with Crippen molar-refractivity contribution in [2.24, 2.45) is 5.92 Å². The highest BCUT2D eigenvalue weighted by atomic mass is 16.7. The average molecular weight is 437 g/mol. The molecule has 10 atom stereocenters. The SMILES string of the molecule is CNC1C(OC2C(COC)OC(OC)C(NC)C2OC)OC(COC)C(C)C1OC. The summed E-state index contributed by atoms with van der Waals surface area (Å²) in [5.41, 5.74) is 0. The van der Waals surface area contributed by atoms with Crippen molar-refractivity contribution in [2.75, 3.05) is 62.9 Å². The summed E-state index contributed by atoms with van der Waals surface area (Å²) in [6.07, 6.45) is -2.61. The first-order valence-corrected chi connectivity index (χ1v) is 10.4. The van der Waals surface area contributed by atoms with Gasteiger partial charge in [-0.15, -0.1) is 0 Å². The van der Waals surface area contributed by atoms with Gasteiger partial charge < -0.3 is 48.5 Å². The van der Waals surface area contributed by atoms with E-state index < -0.39 is 24.8 Å². The zero-order valence-electron chi connectivity index (χ0n) is 19.5. The summed E-state index contributed by atoms with van der Waals surface area (Å²) < 4.78 is 46.9. The minimum atomic E-state index is -0.599. The maximum Gasteiger partial charge on any atom is 0.176 e. The van der Waals surface area contributed by atoms with E-state index >= 15 is 0 Å². The van der Waals surface area contributed by atoms with Crippen molar-refractivity contribution >= 4 is 0 Å². The second-order valence-electron chi connectivity index (χ2n) is 7.72. The molecule has 30 heavy (non-hydrogen) atoms. The first-order chi connectivity index (χ1) is 14.5. The fourth-order valence-corrected chi connectivity index (χ4v) is 4.51. The van der Waals surface area contributed by atoms with Crippen LogP contribution < -0.4 is 10.6 Å². The first-order valence-electron chi connectivity index (χ1n) is 10.4. The number of likely N-dealkylation sites (N-methyl/N-ethyl adjacent to an activating group) is 2. The van der Waals surface area contributed by atoms with Gasteiger partial charge in [-0.3, -0.25) is 0 Å². The van der Waals surface area contributed by atoms with Gasteiger partial charge in [0.1, 0.15) is 18.3 Å². The highest BCUT2D eigenvalue weighted by Crippen LogP contribution is 2.33. The highest BCUT2D eigenvalue weighted by molar-refractivity contribution is 4.98. The standard InChI is InChI=1S/C20H40N2O8/c1-11-12(9-23-4)28-20(14(21-2)16(11)25-6)30-17-13(10-24-5)29-19(27-8)15(22-3)18(17)26-7/h11-22H,9-10H2,1-8H3. The molecule has 2 N–H and O–H groups in total. The molecule has 2 saturated heterocycles. The molecule has 2 aliphatic rings. The van der Waals surface area contributed by atoms with Crippen molar-refractivity contribution in [3.05, 3.63) is 0 Å². The predicted molar refractivity (Wildman–Crippen MR) is 109 cm³/mol. The Kier molecular flexibility index (Phi) is 10.9. The molecule has 10 nitrogen and oxygen atoms in total. The Morgan fingerprint density at radius 1 is 0.667 bits per heavy atom. The number of hydrogen-bond donors (Lipinski definition) is 2. The average Bonchev–Trinajstić information content (AvgIpc) is 2.75. The summed E-state index contributed by atoms with van der Waals surface area (Å²) in [7, 11) is 11.9. The van der Waals surface area contributed by atoms with Crippen LogP contribution >= 0.6 is 0 Å². The van der Waals surface area contributed by atoms with Gasteiger partial charge >= 0.3 is 0 Å². The molecule has 2 rings (SSSR count). The second kappa shape index (κ2) is 12.6. The van der Waals surface area contributed by atoms with E-state index in [0.29, 0.717) is 13.2 Å². The molecule has 0 spiro atoms. The maximum atomic E-state index is 6.54. The molecule has 0 radical (unpaired) electrons. The van der Waals surface area contributed by atoms with E-state index in [1.165, 1.54) is 0 Å². The lowest BCUT2D eigenvalue weighted by molar-refractivity contribution is -0.329. The van der Waals surface area contributed by atoms with Crippen LogP contribution in [0.3, 0.4) is 0 Å². The van der Waals surface area contributed by atoms with Crippen LogP contribution in [0.2, 0.25) is 0 Å². The molecule has 0 saturated carbocycles. The largest absolute Gasteiger partial charge is 0.382 e. The molecule has 10 unspecified atom stereocenters. The van der Waals surface area contributed by atoms with Gasteiger partial charge in [-0.05, 0) is 14.1 Å². The minimum absolute atomic E-state index is 0.116. The smallest absolute Gasteiger partial charge is 0.176 e. The fraction of sp³-hybridized carbons (Fsp3) is 1.00. The molecule has 0 aliphatic carbocycles. The van der Waals surface area contributed by atoms with E-state index in [4.69, 9.17) is 37.9 Å². The molecular weight excluding hydrogens is 396 g/mol. The Bertz CT molecular complexity index is 486. The number of nitrogens with one attached hydrogen (secondary N) is 2. The zero-order chi connectivity index (χ0) is 22.3. The maximum absolute atomic E-state index is 6.54. The van der Waals surface area contributed by atoms with Gasteiger partial charge in [-0.25, -0.2) is 0 Å². The normalized spacial score (nSPS) is 42.4. The van der Waals surface area contributed by atoms with Crippen LogP contribution in [-0.4, -0.2) is 118 Å². The summed E-state index contributed by atoms with van der Waals surface area (Å²) in [6.45, 7) is 2.86. The third kappa shape index (κ3) is 5.50. The molecular formula is C20H40N2O8. The van der Waals surface area contributed by atoms with Gasteiger partial charge in [0.25, 0.3) is 0 Å². The summed E-state index contributed by atoms with van der Waals surface area (Å²) in [4.78, 5) is 0. The number of hydrogen-bond acceptors (Lipinski definition) is 10. The first kappa shape index (κ1) is 25.9. The van der Waals surface area contributed by atoms with Crippen LogP contribution in [0.4, 0.5) is 0 Å². The van der Waals surface area contributed by atoms with Crippen LogP contribution in [0.15, 0.2) is 0 Å². The molecule has 0 aromatic carbocycles. The highest BCUT2D eigenvalue weighted by Gasteiger charge is 2.51. The van der Waals surface area contributed by atoms with Crippen molar-refractivity contribution in [3.8, 4) is 0 Å². The second-order valence-corrected chi connectivity index (χ2v) is 7.72. The third-order valence-corrected chi connectivity index (χ3v) is 6.10. The molecule has 2 fully saturated rings. The minimum Gasteiger partial charge on any atom is -0.382 e. The van der Waals surface area contributed by atoms with Crippen LogP contribution in [0.1, 0.15) is 6.92 Å². The zero-order valence-corrected chi connectivity index (χ0v) is 19.5. The quantitative estimate of drug-likeness (QED) is 0.445. The van der Waals surface area contributed by atoms with E-state index in [1.54, 1.807) is 35.5 Å². The summed E-state index contributed by atoms with van der Waals surface area (Å²) >= 11 is 0. The molecule has 0 aromatic rings. The molecule has 0 amide bonds. The Morgan fingerprint density at radius 3 is 1.70 bits per heavy atom. The van der Waals surface area contributed by atoms with Gasteiger partial charge in [0.05, 0.1) is 37.5 Å². The van der Waals surface area contributed by atoms with Crippen molar-refractivity contribution in [2.45, 2.75) is 62.1 Å². The van der Waals surface area contributed by atoms with Crippen molar-refractivity contribution in [3.63, 3.8) is 0 Å².